The maximum Gasteiger partial charge on any atom is 0.431 e. The first-order valence-electron chi connectivity index (χ1n) is 11.5. The number of hydrogen-bond acceptors (Lipinski definition) is 4. The molecule has 5 atom stereocenters. The van der Waals surface area contributed by atoms with E-state index >= 15 is 0 Å². The van der Waals surface area contributed by atoms with Crippen LogP contribution in [0.1, 0.15) is 55.7 Å². The number of fused-ring (bicyclic) bond motifs is 1. The van der Waals surface area contributed by atoms with Crippen LogP contribution in [0.4, 0.5) is 13.2 Å². The van der Waals surface area contributed by atoms with Crippen LogP contribution < -0.4 is 10.6 Å². The molecule has 3 heterocycles. The minimum Gasteiger partial charge on any atom is -0.350 e. The third-order valence-electron chi connectivity index (χ3n) is 8.20. The molecule has 2 aliphatic carbocycles. The van der Waals surface area contributed by atoms with E-state index in [9.17, 15) is 32.8 Å². The number of nitrogens with zero attached hydrogens (tertiary/aromatic N) is 2. The summed E-state index contributed by atoms with van der Waals surface area (Å²) in [4.78, 5) is 42.0. The Morgan fingerprint density at radius 3 is 2.59 bits per heavy atom. The molecule has 4 fully saturated rings. The van der Waals surface area contributed by atoms with Gasteiger partial charge in [0.2, 0.25) is 11.8 Å². The summed E-state index contributed by atoms with van der Waals surface area (Å²) in [5, 5.41) is 15.3. The predicted octanol–water partition coefficient (Wildman–Crippen LogP) is 2.20. The van der Waals surface area contributed by atoms with E-state index in [1.54, 1.807) is 0 Å². The molecule has 4 aliphatic rings. The minimum atomic E-state index is -4.62. The molecule has 1 spiro atoms. The number of halogens is 3. The van der Waals surface area contributed by atoms with Crippen LogP contribution in [-0.2, 0) is 15.8 Å². The molecule has 182 valence electrons. The van der Waals surface area contributed by atoms with Crippen LogP contribution in [0.3, 0.4) is 0 Å². The molecule has 2 saturated carbocycles. The number of carbonyl (C=O) groups is 3. The van der Waals surface area contributed by atoms with E-state index in [0.717, 1.165) is 25.0 Å². The van der Waals surface area contributed by atoms with Gasteiger partial charge in [0, 0.05) is 18.0 Å². The number of carbonyl (C=O) groups excluding carboxylic acids is 3. The van der Waals surface area contributed by atoms with Crippen molar-refractivity contribution in [3.05, 3.63) is 23.5 Å². The van der Waals surface area contributed by atoms with Gasteiger partial charge < -0.3 is 20.5 Å². The normalized spacial score (nSPS) is 30.9. The highest BCUT2D eigenvalue weighted by Gasteiger charge is 2.69. The van der Waals surface area contributed by atoms with Crippen LogP contribution in [0.2, 0.25) is 0 Å². The highest BCUT2D eigenvalue weighted by atomic mass is 19.4. The largest absolute Gasteiger partial charge is 0.431 e. The van der Waals surface area contributed by atoms with Crippen molar-refractivity contribution in [2.24, 2.45) is 23.2 Å². The van der Waals surface area contributed by atoms with E-state index in [-0.39, 0.29) is 53.3 Å². The van der Waals surface area contributed by atoms with Crippen molar-refractivity contribution in [1.82, 2.24) is 20.5 Å². The molecule has 0 radical (unpaired) electrons. The van der Waals surface area contributed by atoms with Gasteiger partial charge in [0.15, 0.2) is 0 Å². The minimum absolute atomic E-state index is 0.0418. The summed E-state index contributed by atoms with van der Waals surface area (Å²) >= 11 is 0. The van der Waals surface area contributed by atoms with Crippen molar-refractivity contribution in [3.63, 3.8) is 0 Å². The summed E-state index contributed by atoms with van der Waals surface area (Å²) < 4.78 is 38.9. The number of amides is 3. The Hall–Kier alpha value is -3.03. The van der Waals surface area contributed by atoms with Gasteiger partial charge in [-0.1, -0.05) is 13.8 Å². The number of nitriles is 1. The lowest BCUT2D eigenvalue weighted by Crippen LogP contribution is -2.52. The van der Waals surface area contributed by atoms with E-state index < -0.39 is 35.8 Å². The standard InChI is InChI=1S/C23H26F3N5O3/c1-21(2)13-10-31(20(34)14-3-4-15(29-14)23(24,25)26)17(16(13)21)19(33)28-12(9-27)7-11-8-22(5-6-22)30-18(11)32/h3-4,11-13,16-17,29H,5-8,10H2,1-2H3,(H,28,33)(H,30,32)/t11-,12+,13+,16+,17+/m1/s1. The Bertz CT molecular complexity index is 1100. The molecule has 0 bridgehead atoms. The second kappa shape index (κ2) is 7.23. The van der Waals surface area contributed by atoms with Crippen molar-refractivity contribution in [3.8, 4) is 6.07 Å². The number of nitrogens with one attached hydrogen (secondary N) is 3. The molecule has 1 aromatic heterocycles. The first kappa shape index (κ1) is 22.7. The van der Waals surface area contributed by atoms with Gasteiger partial charge in [0.25, 0.3) is 5.91 Å². The number of aromatic amines is 1. The van der Waals surface area contributed by atoms with Crippen LogP contribution in [0.25, 0.3) is 0 Å². The SMILES string of the molecule is CC1(C)[C@@H]2[C@@H](C(=O)N[C@H](C#N)C[C@@H]3CC4(CC4)NC3=O)N(C(=O)c3ccc(C(F)(F)F)[nH]3)C[C@@H]21. The molecule has 2 saturated heterocycles. The monoisotopic (exact) mass is 477 g/mol. The zero-order chi connectivity index (χ0) is 24.6. The number of hydrogen-bond donors (Lipinski definition) is 3. The Morgan fingerprint density at radius 2 is 2.03 bits per heavy atom. The number of aromatic nitrogens is 1. The molecule has 3 amide bonds. The molecule has 11 heteroatoms. The second-order valence-electron chi connectivity index (χ2n) is 10.7. The average molecular weight is 477 g/mol. The molecular weight excluding hydrogens is 451 g/mol. The highest BCUT2D eigenvalue weighted by Crippen LogP contribution is 2.65. The zero-order valence-electron chi connectivity index (χ0n) is 18.8. The molecule has 8 nitrogen and oxygen atoms in total. The number of rotatable bonds is 5. The van der Waals surface area contributed by atoms with Crippen LogP contribution in [0.5, 0.6) is 0 Å². The quantitative estimate of drug-likeness (QED) is 0.603. The topological polar surface area (TPSA) is 118 Å². The molecule has 5 rings (SSSR count). The summed E-state index contributed by atoms with van der Waals surface area (Å²) in [6, 6.07) is 2.12. The fraction of sp³-hybridized carbons (Fsp3) is 0.652. The Labute approximate surface area is 194 Å². The summed E-state index contributed by atoms with van der Waals surface area (Å²) in [7, 11) is 0. The maximum absolute atomic E-state index is 13.3. The smallest absolute Gasteiger partial charge is 0.350 e. The summed E-state index contributed by atoms with van der Waals surface area (Å²) in [6.07, 6.45) is -1.95. The molecule has 3 N–H and O–H groups in total. The molecule has 34 heavy (non-hydrogen) atoms. The molecule has 0 unspecified atom stereocenters. The van der Waals surface area contributed by atoms with Gasteiger partial charge in [-0.2, -0.15) is 18.4 Å². The number of alkyl halides is 3. The number of H-pyrrole nitrogens is 1. The predicted molar refractivity (Wildman–Crippen MR) is 112 cm³/mol. The van der Waals surface area contributed by atoms with Crippen LogP contribution >= 0.6 is 0 Å². The third-order valence-corrected chi connectivity index (χ3v) is 8.20. The third kappa shape index (κ3) is 3.63. The average Bonchev–Trinajstić information content (AvgIpc) is 3.33. The van der Waals surface area contributed by atoms with E-state index in [1.807, 2.05) is 19.9 Å². The second-order valence-corrected chi connectivity index (χ2v) is 10.7. The van der Waals surface area contributed by atoms with E-state index in [1.165, 1.54) is 4.90 Å². The lowest BCUT2D eigenvalue weighted by Gasteiger charge is -2.30. The summed E-state index contributed by atoms with van der Waals surface area (Å²) in [5.74, 6) is -1.78. The van der Waals surface area contributed by atoms with Crippen molar-refractivity contribution in [2.75, 3.05) is 6.54 Å². The fourth-order valence-corrected chi connectivity index (χ4v) is 5.97. The van der Waals surface area contributed by atoms with Crippen LogP contribution in [-0.4, -0.2) is 51.8 Å². The first-order valence-corrected chi connectivity index (χ1v) is 11.5. The summed E-state index contributed by atoms with van der Waals surface area (Å²) in [6.45, 7) is 4.22. The van der Waals surface area contributed by atoms with Crippen LogP contribution in [0, 0.1) is 34.5 Å². The molecule has 0 aromatic carbocycles. The number of likely N-dealkylation sites (tertiary alicyclic amines) is 1. The van der Waals surface area contributed by atoms with E-state index in [0.29, 0.717) is 6.42 Å². The van der Waals surface area contributed by atoms with Crippen molar-refractivity contribution >= 4 is 17.7 Å². The zero-order valence-corrected chi connectivity index (χ0v) is 18.8. The van der Waals surface area contributed by atoms with Gasteiger partial charge >= 0.3 is 6.18 Å². The van der Waals surface area contributed by atoms with Crippen molar-refractivity contribution in [1.29, 1.82) is 5.26 Å². The van der Waals surface area contributed by atoms with Gasteiger partial charge in [-0.25, -0.2) is 0 Å². The fourth-order valence-electron chi connectivity index (χ4n) is 5.97. The van der Waals surface area contributed by atoms with Gasteiger partial charge in [-0.05, 0) is 55.1 Å². The maximum atomic E-state index is 13.3. The lowest BCUT2D eigenvalue weighted by atomic mass is 9.95. The summed E-state index contributed by atoms with van der Waals surface area (Å²) in [5.41, 5.74) is -1.61. The lowest BCUT2D eigenvalue weighted by molar-refractivity contribution is -0.140. The van der Waals surface area contributed by atoms with Gasteiger partial charge in [0.1, 0.15) is 23.5 Å². The van der Waals surface area contributed by atoms with Gasteiger partial charge in [-0.15, -0.1) is 0 Å². The first-order chi connectivity index (χ1) is 15.9. The Morgan fingerprint density at radius 1 is 1.32 bits per heavy atom. The molecule has 1 aromatic rings. The van der Waals surface area contributed by atoms with Crippen molar-refractivity contribution < 1.29 is 27.6 Å². The highest BCUT2D eigenvalue weighted by molar-refractivity contribution is 5.97. The van der Waals surface area contributed by atoms with E-state index in [2.05, 4.69) is 15.6 Å². The van der Waals surface area contributed by atoms with Crippen LogP contribution in [0.15, 0.2) is 12.1 Å². The molecular formula is C23H26F3N5O3. The van der Waals surface area contributed by atoms with Crippen molar-refractivity contribution in [2.45, 2.75) is 63.3 Å². The molecule has 2 aliphatic heterocycles. The Kier molecular flexibility index (Phi) is 4.84. The van der Waals surface area contributed by atoms with Gasteiger partial charge in [-0.3, -0.25) is 14.4 Å². The van der Waals surface area contributed by atoms with Gasteiger partial charge in [0.05, 0.1) is 6.07 Å². The Balaban J connectivity index is 1.30. The van der Waals surface area contributed by atoms with E-state index in [4.69, 9.17) is 0 Å². The number of piperidine rings is 1.